The van der Waals surface area contributed by atoms with Crippen LogP contribution < -0.4 is 0 Å². The normalized spacial score (nSPS) is 14.7. The summed E-state index contributed by atoms with van der Waals surface area (Å²) in [5, 5.41) is 9.45. The fraction of sp³-hybridized carbons (Fsp3) is 0.455. The van der Waals surface area contributed by atoms with E-state index in [1.807, 2.05) is 13.0 Å². The quantitative estimate of drug-likeness (QED) is 0.630. The van der Waals surface area contributed by atoms with E-state index in [0.717, 1.165) is 4.90 Å². The highest BCUT2D eigenvalue weighted by Gasteiger charge is 2.10. The van der Waals surface area contributed by atoms with Crippen LogP contribution >= 0.6 is 11.8 Å². The molecule has 1 heterocycles. The van der Waals surface area contributed by atoms with E-state index in [9.17, 15) is 9.90 Å². The Balaban J connectivity index is 2.68. The number of aliphatic hydroxyl groups is 1. The molecular formula is C11H15NO2S. The molecule has 0 aliphatic heterocycles. The fourth-order valence-corrected chi connectivity index (χ4v) is 1.86. The van der Waals surface area contributed by atoms with Crippen LogP contribution in [0.1, 0.15) is 31.3 Å². The van der Waals surface area contributed by atoms with Gasteiger partial charge in [-0.2, -0.15) is 0 Å². The minimum Gasteiger partial charge on any atom is -0.392 e. The number of pyridine rings is 1. The number of carbonyl (C=O) groups is 1. The van der Waals surface area contributed by atoms with Crippen molar-refractivity contribution in [2.24, 2.45) is 0 Å². The number of hydrogen-bond acceptors (Lipinski definition) is 4. The van der Waals surface area contributed by atoms with E-state index in [0.29, 0.717) is 5.69 Å². The third kappa shape index (κ3) is 3.64. The van der Waals surface area contributed by atoms with Crippen molar-refractivity contribution in [3.05, 3.63) is 24.0 Å². The van der Waals surface area contributed by atoms with E-state index in [-0.39, 0.29) is 17.1 Å². The number of aliphatic hydroxyl groups excluding tert-OH is 1. The summed E-state index contributed by atoms with van der Waals surface area (Å²) in [6.07, 6.45) is 1.31. The van der Waals surface area contributed by atoms with Crippen LogP contribution in [0.3, 0.4) is 0 Å². The van der Waals surface area contributed by atoms with Crippen molar-refractivity contribution >= 4 is 17.5 Å². The Kier molecular flexibility index (Phi) is 4.29. The predicted molar refractivity (Wildman–Crippen MR) is 61.2 cm³/mol. The number of nitrogens with zero attached hydrogens (tertiary/aromatic N) is 1. The van der Waals surface area contributed by atoms with Gasteiger partial charge in [-0.25, -0.2) is 0 Å². The summed E-state index contributed by atoms with van der Waals surface area (Å²) in [7, 11) is 0. The second-order valence-electron chi connectivity index (χ2n) is 3.50. The van der Waals surface area contributed by atoms with Gasteiger partial charge in [0.1, 0.15) is 5.69 Å². The predicted octanol–water partition coefficient (Wildman–Crippen LogP) is 2.15. The van der Waals surface area contributed by atoms with Gasteiger partial charge in [0.25, 0.3) is 0 Å². The molecule has 1 aromatic heterocycles. The number of hydrogen-bond donors (Lipinski definition) is 1. The highest BCUT2D eigenvalue weighted by atomic mass is 32.2. The smallest absolute Gasteiger partial charge is 0.178 e. The maximum absolute atomic E-state index is 11.0. The fourth-order valence-electron chi connectivity index (χ4n) is 0.971. The second-order valence-corrected chi connectivity index (χ2v) is 4.95. The van der Waals surface area contributed by atoms with Crippen molar-refractivity contribution in [3.63, 3.8) is 0 Å². The molecule has 15 heavy (non-hydrogen) atoms. The maximum Gasteiger partial charge on any atom is 0.178 e. The van der Waals surface area contributed by atoms with Crippen molar-refractivity contribution in [3.8, 4) is 0 Å². The molecule has 2 atom stereocenters. The third-order valence-corrected chi connectivity index (χ3v) is 3.38. The Labute approximate surface area is 93.9 Å². The van der Waals surface area contributed by atoms with Gasteiger partial charge < -0.3 is 5.11 Å². The van der Waals surface area contributed by atoms with E-state index >= 15 is 0 Å². The molecule has 1 aromatic rings. The molecule has 0 radical (unpaired) electrons. The molecule has 0 saturated carbocycles. The molecule has 1 N–H and O–H groups in total. The topological polar surface area (TPSA) is 50.2 Å². The zero-order chi connectivity index (χ0) is 11.4. The Morgan fingerprint density at radius 1 is 1.47 bits per heavy atom. The van der Waals surface area contributed by atoms with Crippen LogP contribution in [0, 0.1) is 0 Å². The van der Waals surface area contributed by atoms with Crippen LogP contribution in [0.5, 0.6) is 0 Å². The first kappa shape index (κ1) is 12.2. The molecule has 0 aromatic carbocycles. The molecular weight excluding hydrogens is 210 g/mol. The Morgan fingerprint density at radius 3 is 2.53 bits per heavy atom. The van der Waals surface area contributed by atoms with Gasteiger partial charge in [-0.05, 0) is 19.1 Å². The number of Topliss-reactive ketones (excluding diaryl/α,β-unsaturated/α-hetero) is 1. The number of ketones is 1. The minimum atomic E-state index is -0.359. The molecule has 1 rings (SSSR count). The zero-order valence-corrected chi connectivity index (χ0v) is 9.91. The van der Waals surface area contributed by atoms with Gasteiger partial charge in [-0.1, -0.05) is 6.92 Å². The van der Waals surface area contributed by atoms with Crippen LogP contribution in [-0.4, -0.2) is 27.2 Å². The lowest BCUT2D eigenvalue weighted by Gasteiger charge is -2.13. The Morgan fingerprint density at radius 2 is 2.13 bits per heavy atom. The average Bonchev–Trinajstić information content (AvgIpc) is 2.18. The SMILES string of the molecule is CC(=O)c1ccc(SC(C)C(C)O)cn1. The van der Waals surface area contributed by atoms with Gasteiger partial charge in [-0.3, -0.25) is 9.78 Å². The van der Waals surface area contributed by atoms with Gasteiger partial charge in [0, 0.05) is 23.3 Å². The number of thioether (sulfide) groups is 1. The van der Waals surface area contributed by atoms with E-state index < -0.39 is 0 Å². The molecule has 0 aliphatic rings. The molecule has 0 fully saturated rings. The van der Waals surface area contributed by atoms with Gasteiger partial charge in [0.15, 0.2) is 5.78 Å². The van der Waals surface area contributed by atoms with Crippen LogP contribution in [0.4, 0.5) is 0 Å². The second kappa shape index (κ2) is 5.28. The molecule has 0 aliphatic carbocycles. The molecule has 2 unspecified atom stereocenters. The number of rotatable bonds is 4. The summed E-state index contributed by atoms with van der Waals surface area (Å²) in [5.41, 5.74) is 0.476. The molecule has 82 valence electrons. The van der Waals surface area contributed by atoms with E-state index in [1.54, 1.807) is 30.9 Å². The van der Waals surface area contributed by atoms with Crippen molar-refractivity contribution in [1.82, 2.24) is 4.98 Å². The number of carbonyl (C=O) groups excluding carboxylic acids is 1. The molecule has 0 saturated heterocycles. The Bertz CT molecular complexity index is 335. The summed E-state index contributed by atoms with van der Waals surface area (Å²) in [5.74, 6) is -0.0323. The number of aromatic nitrogens is 1. The van der Waals surface area contributed by atoms with Crippen LogP contribution in [0.15, 0.2) is 23.2 Å². The molecule has 0 amide bonds. The van der Waals surface area contributed by atoms with Crippen LogP contribution in [0.2, 0.25) is 0 Å². The van der Waals surface area contributed by atoms with E-state index in [2.05, 4.69) is 4.98 Å². The van der Waals surface area contributed by atoms with E-state index in [1.165, 1.54) is 6.92 Å². The summed E-state index contributed by atoms with van der Waals surface area (Å²) >= 11 is 1.55. The summed E-state index contributed by atoms with van der Waals surface area (Å²) in [6, 6.07) is 3.56. The summed E-state index contributed by atoms with van der Waals surface area (Å²) < 4.78 is 0. The van der Waals surface area contributed by atoms with Crippen molar-refractivity contribution in [2.45, 2.75) is 37.0 Å². The first-order chi connectivity index (χ1) is 7.00. The lowest BCUT2D eigenvalue weighted by atomic mass is 10.3. The van der Waals surface area contributed by atoms with Crippen molar-refractivity contribution in [1.29, 1.82) is 0 Å². The molecule has 0 spiro atoms. The third-order valence-electron chi connectivity index (χ3n) is 2.10. The minimum absolute atomic E-state index is 0.0323. The summed E-state index contributed by atoms with van der Waals surface area (Å²) in [4.78, 5) is 16.0. The first-order valence-electron chi connectivity index (χ1n) is 4.82. The molecule has 3 nitrogen and oxygen atoms in total. The average molecular weight is 225 g/mol. The Hall–Kier alpha value is -0.870. The highest BCUT2D eigenvalue weighted by Crippen LogP contribution is 2.24. The molecule has 0 bridgehead atoms. The van der Waals surface area contributed by atoms with Gasteiger partial charge >= 0.3 is 0 Å². The monoisotopic (exact) mass is 225 g/mol. The lowest BCUT2D eigenvalue weighted by Crippen LogP contribution is -2.14. The van der Waals surface area contributed by atoms with Gasteiger partial charge in [0.05, 0.1) is 6.10 Å². The summed E-state index contributed by atoms with van der Waals surface area (Å²) in [6.45, 7) is 5.21. The first-order valence-corrected chi connectivity index (χ1v) is 5.70. The lowest BCUT2D eigenvalue weighted by molar-refractivity contribution is 0.101. The van der Waals surface area contributed by atoms with Crippen LogP contribution in [-0.2, 0) is 0 Å². The zero-order valence-electron chi connectivity index (χ0n) is 9.10. The van der Waals surface area contributed by atoms with E-state index in [4.69, 9.17) is 0 Å². The van der Waals surface area contributed by atoms with Gasteiger partial charge in [0.2, 0.25) is 0 Å². The van der Waals surface area contributed by atoms with Gasteiger partial charge in [-0.15, -0.1) is 11.8 Å². The van der Waals surface area contributed by atoms with Crippen molar-refractivity contribution in [2.75, 3.05) is 0 Å². The highest BCUT2D eigenvalue weighted by molar-refractivity contribution is 8.00. The van der Waals surface area contributed by atoms with Crippen molar-refractivity contribution < 1.29 is 9.90 Å². The van der Waals surface area contributed by atoms with Crippen LogP contribution in [0.25, 0.3) is 0 Å². The standard InChI is InChI=1S/C11H15NO2S/c1-7(13)9(3)15-10-4-5-11(8(2)14)12-6-10/h4-7,9,13H,1-3H3. The maximum atomic E-state index is 11.0. The largest absolute Gasteiger partial charge is 0.392 e. The molecule has 4 heteroatoms.